The van der Waals surface area contributed by atoms with Gasteiger partial charge in [-0.15, -0.1) is 0 Å². The molecule has 0 fully saturated rings. The van der Waals surface area contributed by atoms with Crippen LogP contribution in [0.3, 0.4) is 0 Å². The zero-order chi connectivity index (χ0) is 12.7. The SMILES string of the molecule is CCCCOC(=O)CN(C)c1ccc(F)cc1. The van der Waals surface area contributed by atoms with Gasteiger partial charge in [0.15, 0.2) is 0 Å². The van der Waals surface area contributed by atoms with Gasteiger partial charge in [-0.1, -0.05) is 13.3 Å². The molecule has 0 heterocycles. The van der Waals surface area contributed by atoms with E-state index in [1.165, 1.54) is 12.1 Å². The first-order chi connectivity index (χ1) is 8.13. The third-order valence-corrected chi connectivity index (χ3v) is 2.39. The maximum atomic E-state index is 12.7. The van der Waals surface area contributed by atoms with Gasteiger partial charge in [-0.25, -0.2) is 4.39 Å². The molecule has 0 amide bonds. The lowest BCUT2D eigenvalue weighted by atomic mass is 10.3. The topological polar surface area (TPSA) is 29.5 Å². The van der Waals surface area contributed by atoms with E-state index in [-0.39, 0.29) is 18.3 Å². The lowest BCUT2D eigenvalue weighted by molar-refractivity contribution is -0.142. The standard InChI is InChI=1S/C13H18FNO2/c1-3-4-9-17-13(16)10-15(2)12-7-5-11(14)6-8-12/h5-8H,3-4,9-10H2,1-2H3. The molecule has 0 bridgehead atoms. The normalized spacial score (nSPS) is 10.1. The Kier molecular flexibility index (Phi) is 5.46. The Bertz CT molecular complexity index is 351. The highest BCUT2D eigenvalue weighted by molar-refractivity contribution is 5.75. The molecule has 17 heavy (non-hydrogen) atoms. The van der Waals surface area contributed by atoms with E-state index < -0.39 is 0 Å². The average Bonchev–Trinajstić information content (AvgIpc) is 2.30. The molecule has 1 aromatic rings. The van der Waals surface area contributed by atoms with Crippen LogP contribution < -0.4 is 4.90 Å². The molecule has 0 aliphatic heterocycles. The molecule has 94 valence electrons. The van der Waals surface area contributed by atoms with E-state index in [1.807, 2.05) is 6.92 Å². The summed E-state index contributed by atoms with van der Waals surface area (Å²) in [5.41, 5.74) is 0.791. The first kappa shape index (κ1) is 13.5. The molecule has 0 aliphatic rings. The van der Waals surface area contributed by atoms with Gasteiger partial charge >= 0.3 is 5.97 Å². The van der Waals surface area contributed by atoms with Crippen molar-refractivity contribution in [2.45, 2.75) is 19.8 Å². The van der Waals surface area contributed by atoms with E-state index in [1.54, 1.807) is 24.1 Å². The second-order valence-electron chi connectivity index (χ2n) is 3.91. The highest BCUT2D eigenvalue weighted by atomic mass is 19.1. The van der Waals surface area contributed by atoms with Crippen molar-refractivity contribution >= 4 is 11.7 Å². The molecule has 0 saturated carbocycles. The molecule has 0 saturated heterocycles. The van der Waals surface area contributed by atoms with Gasteiger partial charge in [-0.05, 0) is 30.7 Å². The molecule has 0 aliphatic carbocycles. The Morgan fingerprint density at radius 3 is 2.59 bits per heavy atom. The number of hydrogen-bond acceptors (Lipinski definition) is 3. The maximum Gasteiger partial charge on any atom is 0.325 e. The summed E-state index contributed by atoms with van der Waals surface area (Å²) in [5.74, 6) is -0.544. The first-order valence-corrected chi connectivity index (χ1v) is 5.75. The third kappa shape index (κ3) is 4.85. The Labute approximate surface area is 101 Å². The molecular weight excluding hydrogens is 221 g/mol. The number of nitrogens with zero attached hydrogens (tertiary/aromatic N) is 1. The Morgan fingerprint density at radius 2 is 2.00 bits per heavy atom. The van der Waals surface area contributed by atoms with Gasteiger partial charge < -0.3 is 9.64 Å². The fourth-order valence-corrected chi connectivity index (χ4v) is 1.36. The van der Waals surface area contributed by atoms with E-state index in [4.69, 9.17) is 4.74 Å². The molecule has 4 heteroatoms. The number of halogens is 1. The molecule has 1 rings (SSSR count). The summed E-state index contributed by atoms with van der Waals surface area (Å²) in [6.45, 7) is 2.68. The summed E-state index contributed by atoms with van der Waals surface area (Å²) in [4.78, 5) is 13.2. The smallest absolute Gasteiger partial charge is 0.325 e. The number of ether oxygens (including phenoxy) is 1. The maximum absolute atomic E-state index is 12.7. The van der Waals surface area contributed by atoms with Gasteiger partial charge in [0.05, 0.1) is 6.61 Å². The summed E-state index contributed by atoms with van der Waals surface area (Å²) in [5, 5.41) is 0. The van der Waals surface area contributed by atoms with Crippen LogP contribution in [0.25, 0.3) is 0 Å². The van der Waals surface area contributed by atoms with Crippen LogP contribution in [-0.2, 0) is 9.53 Å². The van der Waals surface area contributed by atoms with Gasteiger partial charge in [0.2, 0.25) is 0 Å². The van der Waals surface area contributed by atoms with Crippen molar-refractivity contribution < 1.29 is 13.9 Å². The second-order valence-corrected chi connectivity index (χ2v) is 3.91. The van der Waals surface area contributed by atoms with Crippen molar-refractivity contribution in [1.82, 2.24) is 0 Å². The first-order valence-electron chi connectivity index (χ1n) is 5.75. The molecule has 0 aromatic heterocycles. The highest BCUT2D eigenvalue weighted by Gasteiger charge is 2.08. The number of carbonyl (C=O) groups excluding carboxylic acids is 1. The van der Waals surface area contributed by atoms with Crippen LogP contribution in [0.15, 0.2) is 24.3 Å². The third-order valence-electron chi connectivity index (χ3n) is 2.39. The number of rotatable bonds is 6. The largest absolute Gasteiger partial charge is 0.464 e. The van der Waals surface area contributed by atoms with E-state index in [9.17, 15) is 9.18 Å². The van der Waals surface area contributed by atoms with Gasteiger partial charge in [0.25, 0.3) is 0 Å². The highest BCUT2D eigenvalue weighted by Crippen LogP contribution is 2.12. The predicted octanol–water partition coefficient (Wildman–Crippen LogP) is 2.61. The van der Waals surface area contributed by atoms with Crippen molar-refractivity contribution in [3.8, 4) is 0 Å². The van der Waals surface area contributed by atoms with Crippen LogP contribution >= 0.6 is 0 Å². The molecular formula is C13H18FNO2. The Hall–Kier alpha value is -1.58. The molecule has 0 radical (unpaired) electrons. The lowest BCUT2D eigenvalue weighted by Crippen LogP contribution is -2.27. The van der Waals surface area contributed by atoms with E-state index >= 15 is 0 Å². The van der Waals surface area contributed by atoms with Gasteiger partial charge in [0, 0.05) is 12.7 Å². The predicted molar refractivity (Wildman–Crippen MR) is 65.5 cm³/mol. The van der Waals surface area contributed by atoms with E-state index in [0.717, 1.165) is 18.5 Å². The number of esters is 1. The zero-order valence-corrected chi connectivity index (χ0v) is 10.3. The minimum absolute atomic E-state index is 0.176. The Balaban J connectivity index is 2.40. The summed E-state index contributed by atoms with van der Waals surface area (Å²) < 4.78 is 17.8. The van der Waals surface area contributed by atoms with Crippen LogP contribution in [0, 0.1) is 5.82 Å². The fraction of sp³-hybridized carbons (Fsp3) is 0.462. The van der Waals surface area contributed by atoms with Crippen molar-refractivity contribution in [2.24, 2.45) is 0 Å². The summed E-state index contributed by atoms with van der Waals surface area (Å²) in [6, 6.07) is 6.01. The molecule has 3 nitrogen and oxygen atoms in total. The van der Waals surface area contributed by atoms with Crippen LogP contribution in [-0.4, -0.2) is 26.2 Å². The van der Waals surface area contributed by atoms with Gasteiger partial charge in [0.1, 0.15) is 12.4 Å². The van der Waals surface area contributed by atoms with Crippen LogP contribution in [0.2, 0.25) is 0 Å². The van der Waals surface area contributed by atoms with Crippen molar-refractivity contribution in [1.29, 1.82) is 0 Å². The van der Waals surface area contributed by atoms with Crippen molar-refractivity contribution in [3.05, 3.63) is 30.1 Å². The molecule has 0 unspecified atom stereocenters. The number of benzene rings is 1. The minimum atomic E-state index is -0.285. The van der Waals surface area contributed by atoms with E-state index in [0.29, 0.717) is 6.61 Å². The van der Waals surface area contributed by atoms with Crippen molar-refractivity contribution in [2.75, 3.05) is 25.1 Å². The molecule has 0 spiro atoms. The van der Waals surface area contributed by atoms with E-state index in [2.05, 4.69) is 0 Å². The van der Waals surface area contributed by atoms with Crippen LogP contribution in [0.1, 0.15) is 19.8 Å². The minimum Gasteiger partial charge on any atom is -0.464 e. The zero-order valence-electron chi connectivity index (χ0n) is 10.3. The number of carbonyl (C=O) groups is 1. The molecule has 0 N–H and O–H groups in total. The molecule has 0 atom stereocenters. The summed E-state index contributed by atoms with van der Waals surface area (Å²) in [7, 11) is 1.77. The average molecular weight is 239 g/mol. The van der Waals surface area contributed by atoms with Crippen LogP contribution in [0.4, 0.5) is 10.1 Å². The summed E-state index contributed by atoms with van der Waals surface area (Å²) in [6.07, 6.45) is 1.88. The Morgan fingerprint density at radius 1 is 1.35 bits per heavy atom. The number of anilines is 1. The second kappa shape index (κ2) is 6.89. The molecule has 1 aromatic carbocycles. The summed E-state index contributed by atoms with van der Waals surface area (Å²) >= 11 is 0. The number of likely N-dealkylation sites (N-methyl/N-ethyl adjacent to an activating group) is 1. The van der Waals surface area contributed by atoms with Crippen molar-refractivity contribution in [3.63, 3.8) is 0 Å². The fourth-order valence-electron chi connectivity index (χ4n) is 1.36. The number of unbranched alkanes of at least 4 members (excludes halogenated alkanes) is 1. The van der Waals surface area contributed by atoms with Crippen LogP contribution in [0.5, 0.6) is 0 Å². The monoisotopic (exact) mass is 239 g/mol. The van der Waals surface area contributed by atoms with Gasteiger partial charge in [-0.3, -0.25) is 4.79 Å². The van der Waals surface area contributed by atoms with Gasteiger partial charge in [-0.2, -0.15) is 0 Å². The lowest BCUT2D eigenvalue weighted by Gasteiger charge is -2.18. The number of hydrogen-bond donors (Lipinski definition) is 0. The quantitative estimate of drug-likeness (QED) is 0.564.